The third-order valence-corrected chi connectivity index (χ3v) is 5.07. The molecule has 0 saturated heterocycles. The van der Waals surface area contributed by atoms with E-state index in [1.807, 2.05) is 11.3 Å². The Bertz CT molecular complexity index is 353. The second-order valence-corrected chi connectivity index (χ2v) is 7.34. The van der Waals surface area contributed by atoms with Crippen LogP contribution in [-0.4, -0.2) is 4.98 Å². The quantitative estimate of drug-likeness (QED) is 0.710. The Balaban J connectivity index is 2.02. The molecule has 17 heavy (non-hydrogen) atoms. The van der Waals surface area contributed by atoms with Crippen molar-refractivity contribution < 1.29 is 0 Å². The van der Waals surface area contributed by atoms with E-state index in [-0.39, 0.29) is 5.41 Å². The monoisotopic (exact) mass is 251 g/mol. The predicted molar refractivity (Wildman–Crippen MR) is 75.8 cm³/mol. The maximum absolute atomic E-state index is 4.87. The molecule has 1 nitrogen and oxygen atoms in total. The molecule has 0 unspecified atom stereocenters. The maximum Gasteiger partial charge on any atom is 0.0959 e. The molecule has 0 bridgehead atoms. The lowest BCUT2D eigenvalue weighted by molar-refractivity contribution is 0.318. The van der Waals surface area contributed by atoms with Gasteiger partial charge in [0, 0.05) is 16.7 Å². The summed E-state index contributed by atoms with van der Waals surface area (Å²) in [5.41, 5.74) is 1.48. The van der Waals surface area contributed by atoms with E-state index in [9.17, 15) is 0 Å². The van der Waals surface area contributed by atoms with Gasteiger partial charge in [0.15, 0.2) is 0 Å². The minimum Gasteiger partial charge on any atom is -0.245 e. The third-order valence-electron chi connectivity index (χ3n) is 4.06. The van der Waals surface area contributed by atoms with Gasteiger partial charge in [0.05, 0.1) is 10.7 Å². The number of hydrogen-bond donors (Lipinski definition) is 0. The molecule has 0 spiro atoms. The Kier molecular flexibility index (Phi) is 3.92. The van der Waals surface area contributed by atoms with Crippen LogP contribution in [0.1, 0.15) is 76.4 Å². The van der Waals surface area contributed by atoms with Crippen LogP contribution in [0.2, 0.25) is 0 Å². The Morgan fingerprint density at radius 1 is 1.24 bits per heavy atom. The largest absolute Gasteiger partial charge is 0.245 e. The first-order chi connectivity index (χ1) is 8.00. The predicted octanol–water partition coefficient (Wildman–Crippen LogP) is 5.12. The van der Waals surface area contributed by atoms with E-state index in [0.717, 1.165) is 11.8 Å². The van der Waals surface area contributed by atoms with Crippen molar-refractivity contribution in [1.29, 1.82) is 0 Å². The molecule has 1 aromatic rings. The zero-order chi connectivity index (χ0) is 12.5. The van der Waals surface area contributed by atoms with Gasteiger partial charge in [-0.25, -0.2) is 4.98 Å². The van der Waals surface area contributed by atoms with Gasteiger partial charge in [-0.15, -0.1) is 11.3 Å². The van der Waals surface area contributed by atoms with Crippen molar-refractivity contribution in [1.82, 2.24) is 4.98 Å². The summed E-state index contributed by atoms with van der Waals surface area (Å²) in [5, 5.41) is 3.66. The molecule has 0 aromatic carbocycles. The number of aromatic nitrogens is 1. The fourth-order valence-electron chi connectivity index (χ4n) is 2.64. The molecule has 1 saturated carbocycles. The molecule has 96 valence electrons. The van der Waals surface area contributed by atoms with Gasteiger partial charge in [-0.05, 0) is 31.6 Å². The second kappa shape index (κ2) is 5.09. The van der Waals surface area contributed by atoms with Crippen LogP contribution < -0.4 is 0 Å². The van der Waals surface area contributed by atoms with Crippen molar-refractivity contribution >= 4 is 11.3 Å². The van der Waals surface area contributed by atoms with Crippen molar-refractivity contribution in [2.75, 3.05) is 0 Å². The Labute approximate surface area is 110 Å². The van der Waals surface area contributed by atoms with Crippen molar-refractivity contribution in [3.63, 3.8) is 0 Å². The molecule has 1 aliphatic rings. The summed E-state index contributed by atoms with van der Waals surface area (Å²) in [6.07, 6.45) is 6.89. The summed E-state index contributed by atoms with van der Waals surface area (Å²) < 4.78 is 0. The standard InChI is InChI=1S/C15H25NS/c1-5-11-6-8-12(9-7-11)14-16-13(10-17-14)15(2,3)4/h10-12H,5-9H2,1-4H3. The molecule has 0 atom stereocenters. The van der Waals surface area contributed by atoms with Crippen LogP contribution in [0.15, 0.2) is 5.38 Å². The second-order valence-electron chi connectivity index (χ2n) is 6.45. The SMILES string of the molecule is CCC1CCC(c2nc(C(C)(C)C)cs2)CC1. The highest BCUT2D eigenvalue weighted by molar-refractivity contribution is 7.09. The van der Waals surface area contributed by atoms with Gasteiger partial charge >= 0.3 is 0 Å². The summed E-state index contributed by atoms with van der Waals surface area (Å²) in [5.74, 6) is 1.73. The van der Waals surface area contributed by atoms with Crippen LogP contribution in [0.25, 0.3) is 0 Å². The van der Waals surface area contributed by atoms with Crippen LogP contribution in [-0.2, 0) is 5.41 Å². The molecular weight excluding hydrogens is 226 g/mol. The Hall–Kier alpha value is -0.370. The Morgan fingerprint density at radius 2 is 1.88 bits per heavy atom. The van der Waals surface area contributed by atoms with E-state index in [0.29, 0.717) is 0 Å². The Morgan fingerprint density at radius 3 is 2.35 bits per heavy atom. The summed E-state index contributed by atoms with van der Waals surface area (Å²) >= 11 is 1.88. The average molecular weight is 251 g/mol. The molecule has 0 radical (unpaired) electrons. The summed E-state index contributed by atoms with van der Waals surface area (Å²) in [4.78, 5) is 4.87. The molecule has 1 aromatic heterocycles. The lowest BCUT2D eigenvalue weighted by Crippen LogP contribution is -2.14. The van der Waals surface area contributed by atoms with Crippen LogP contribution in [0.5, 0.6) is 0 Å². The van der Waals surface area contributed by atoms with Gasteiger partial charge in [-0.2, -0.15) is 0 Å². The van der Waals surface area contributed by atoms with E-state index in [4.69, 9.17) is 4.98 Å². The van der Waals surface area contributed by atoms with Crippen LogP contribution in [0.4, 0.5) is 0 Å². The first kappa shape index (κ1) is 13.1. The molecular formula is C15H25NS. The van der Waals surface area contributed by atoms with Crippen molar-refractivity contribution in [2.45, 2.75) is 71.1 Å². The number of nitrogens with zero attached hydrogens (tertiary/aromatic N) is 1. The van der Waals surface area contributed by atoms with E-state index in [1.165, 1.54) is 42.8 Å². The molecule has 0 N–H and O–H groups in total. The molecule has 0 aliphatic heterocycles. The zero-order valence-corrected chi connectivity index (χ0v) is 12.4. The smallest absolute Gasteiger partial charge is 0.0959 e. The molecule has 1 aliphatic carbocycles. The van der Waals surface area contributed by atoms with E-state index < -0.39 is 0 Å². The number of hydrogen-bond acceptors (Lipinski definition) is 2. The molecule has 2 rings (SSSR count). The fourth-order valence-corrected chi connectivity index (χ4v) is 3.86. The van der Waals surface area contributed by atoms with E-state index in [1.54, 1.807) is 0 Å². The highest BCUT2D eigenvalue weighted by atomic mass is 32.1. The van der Waals surface area contributed by atoms with Gasteiger partial charge in [0.1, 0.15) is 0 Å². The molecule has 0 amide bonds. The molecule has 2 heteroatoms. The van der Waals surface area contributed by atoms with E-state index >= 15 is 0 Å². The zero-order valence-electron chi connectivity index (χ0n) is 11.6. The highest BCUT2D eigenvalue weighted by Crippen LogP contribution is 2.39. The topological polar surface area (TPSA) is 12.9 Å². The summed E-state index contributed by atoms with van der Waals surface area (Å²) in [6.45, 7) is 9.07. The maximum atomic E-state index is 4.87. The van der Waals surface area contributed by atoms with Crippen LogP contribution >= 0.6 is 11.3 Å². The molecule has 1 heterocycles. The lowest BCUT2D eigenvalue weighted by Gasteiger charge is -2.26. The molecule has 1 fully saturated rings. The average Bonchev–Trinajstić information content (AvgIpc) is 2.78. The highest BCUT2D eigenvalue weighted by Gasteiger charge is 2.25. The van der Waals surface area contributed by atoms with Gasteiger partial charge in [-0.1, -0.05) is 34.1 Å². The lowest BCUT2D eigenvalue weighted by atomic mass is 9.81. The normalized spacial score (nSPS) is 26.1. The van der Waals surface area contributed by atoms with Crippen molar-refractivity contribution in [2.24, 2.45) is 5.92 Å². The van der Waals surface area contributed by atoms with Gasteiger partial charge < -0.3 is 0 Å². The summed E-state index contributed by atoms with van der Waals surface area (Å²) in [6, 6.07) is 0. The van der Waals surface area contributed by atoms with Crippen LogP contribution in [0, 0.1) is 5.92 Å². The number of thiazole rings is 1. The van der Waals surface area contributed by atoms with Gasteiger partial charge in [-0.3, -0.25) is 0 Å². The van der Waals surface area contributed by atoms with Crippen LogP contribution in [0.3, 0.4) is 0 Å². The minimum absolute atomic E-state index is 0.204. The number of rotatable bonds is 2. The summed E-state index contributed by atoms with van der Waals surface area (Å²) in [7, 11) is 0. The van der Waals surface area contributed by atoms with Crippen molar-refractivity contribution in [3.8, 4) is 0 Å². The third kappa shape index (κ3) is 3.09. The van der Waals surface area contributed by atoms with Gasteiger partial charge in [0.25, 0.3) is 0 Å². The van der Waals surface area contributed by atoms with E-state index in [2.05, 4.69) is 33.1 Å². The first-order valence-corrected chi connectivity index (χ1v) is 7.84. The minimum atomic E-state index is 0.204. The first-order valence-electron chi connectivity index (χ1n) is 6.96. The fraction of sp³-hybridized carbons (Fsp3) is 0.800. The van der Waals surface area contributed by atoms with Crippen molar-refractivity contribution in [3.05, 3.63) is 16.1 Å². The van der Waals surface area contributed by atoms with Gasteiger partial charge in [0.2, 0.25) is 0 Å².